The van der Waals surface area contributed by atoms with Crippen LogP contribution in [0.2, 0.25) is 0 Å². The number of benzene rings is 1. The van der Waals surface area contributed by atoms with Crippen LogP contribution < -0.4 is 4.74 Å². The second-order valence-electron chi connectivity index (χ2n) is 4.11. The molecule has 0 bridgehead atoms. The molecule has 4 heteroatoms. The predicted molar refractivity (Wildman–Crippen MR) is 62.2 cm³/mol. The molecule has 0 saturated heterocycles. The summed E-state index contributed by atoms with van der Waals surface area (Å²) in [4.78, 5) is 14.7. The van der Waals surface area contributed by atoms with Crippen molar-refractivity contribution in [1.82, 2.24) is 9.55 Å². The van der Waals surface area contributed by atoms with Crippen molar-refractivity contribution in [1.29, 1.82) is 0 Å². The Balaban J connectivity index is 1.76. The second kappa shape index (κ2) is 4.05. The molecule has 0 amide bonds. The van der Waals surface area contributed by atoms with E-state index in [9.17, 15) is 4.79 Å². The maximum atomic E-state index is 10.8. The Morgan fingerprint density at radius 3 is 3.18 bits per heavy atom. The van der Waals surface area contributed by atoms with Crippen LogP contribution >= 0.6 is 0 Å². The van der Waals surface area contributed by atoms with Gasteiger partial charge in [0.15, 0.2) is 12.1 Å². The van der Waals surface area contributed by atoms with E-state index in [0.717, 1.165) is 18.5 Å². The average Bonchev–Trinajstić information content (AvgIpc) is 2.94. The Morgan fingerprint density at radius 1 is 1.47 bits per heavy atom. The van der Waals surface area contributed by atoms with E-state index in [-0.39, 0.29) is 6.10 Å². The van der Waals surface area contributed by atoms with E-state index in [4.69, 9.17) is 4.74 Å². The minimum Gasteiger partial charge on any atom is -0.488 e. The fourth-order valence-electron chi connectivity index (χ4n) is 2.17. The Hall–Kier alpha value is -2.10. The van der Waals surface area contributed by atoms with Crippen molar-refractivity contribution in [2.45, 2.75) is 19.1 Å². The highest BCUT2D eigenvalue weighted by molar-refractivity contribution is 5.69. The highest BCUT2D eigenvalue weighted by atomic mass is 16.5. The highest BCUT2D eigenvalue weighted by Gasteiger charge is 2.23. The monoisotopic (exact) mass is 228 g/mol. The van der Waals surface area contributed by atoms with E-state index in [1.807, 2.05) is 22.8 Å². The molecule has 1 aromatic heterocycles. The summed E-state index contributed by atoms with van der Waals surface area (Å²) >= 11 is 0. The zero-order valence-corrected chi connectivity index (χ0v) is 9.24. The number of fused-ring (bicyclic) bond motifs is 1. The third-order valence-corrected chi connectivity index (χ3v) is 2.97. The largest absolute Gasteiger partial charge is 0.488 e. The summed E-state index contributed by atoms with van der Waals surface area (Å²) in [6.07, 6.45) is 5.16. The maximum absolute atomic E-state index is 10.8. The predicted octanol–water partition coefficient (Wildman–Crippen LogP) is 1.70. The van der Waals surface area contributed by atoms with E-state index in [2.05, 4.69) is 11.1 Å². The summed E-state index contributed by atoms with van der Waals surface area (Å²) < 4.78 is 7.64. The van der Waals surface area contributed by atoms with E-state index >= 15 is 0 Å². The second-order valence-corrected chi connectivity index (χ2v) is 4.11. The summed E-state index contributed by atoms with van der Waals surface area (Å²) in [7, 11) is 0. The van der Waals surface area contributed by atoms with Gasteiger partial charge < -0.3 is 9.30 Å². The Bertz CT molecular complexity index is 523. The van der Waals surface area contributed by atoms with Crippen molar-refractivity contribution in [3.63, 3.8) is 0 Å². The molecule has 3 rings (SSSR count). The van der Waals surface area contributed by atoms with E-state index in [1.165, 1.54) is 5.56 Å². The number of carbonyl (C=O) groups excluding carboxylic acids is 1. The lowest BCUT2D eigenvalue weighted by atomic mass is 10.1. The molecule has 2 heterocycles. The molecule has 1 aliphatic heterocycles. The van der Waals surface area contributed by atoms with Crippen molar-refractivity contribution in [3.8, 4) is 5.75 Å². The molecular weight excluding hydrogens is 216 g/mol. The van der Waals surface area contributed by atoms with Gasteiger partial charge in [0.25, 0.3) is 0 Å². The smallest absolute Gasteiger partial charge is 0.185 e. The van der Waals surface area contributed by atoms with Crippen LogP contribution in [0.4, 0.5) is 0 Å². The number of imidazole rings is 1. The first-order chi connectivity index (χ1) is 8.36. The summed E-state index contributed by atoms with van der Waals surface area (Å²) in [5, 5.41) is 0. The molecule has 0 radical (unpaired) electrons. The van der Waals surface area contributed by atoms with Gasteiger partial charge in [0.2, 0.25) is 0 Å². The minimum absolute atomic E-state index is 0.0836. The topological polar surface area (TPSA) is 44.1 Å². The van der Waals surface area contributed by atoms with Gasteiger partial charge in [0.1, 0.15) is 11.9 Å². The third kappa shape index (κ3) is 1.82. The number of carbonyl (C=O) groups is 1. The molecule has 0 spiro atoms. The van der Waals surface area contributed by atoms with Crippen LogP contribution in [0.5, 0.6) is 5.75 Å². The number of aldehydes is 1. The lowest BCUT2D eigenvalue weighted by Gasteiger charge is -2.11. The van der Waals surface area contributed by atoms with Crippen molar-refractivity contribution < 1.29 is 9.53 Å². The molecule has 0 aliphatic carbocycles. The Morgan fingerprint density at radius 2 is 2.35 bits per heavy atom. The van der Waals surface area contributed by atoms with Crippen LogP contribution in [0.25, 0.3) is 0 Å². The first-order valence-electron chi connectivity index (χ1n) is 5.57. The first kappa shape index (κ1) is 10.1. The van der Waals surface area contributed by atoms with Crippen LogP contribution in [-0.4, -0.2) is 21.9 Å². The number of hydrogen-bond acceptors (Lipinski definition) is 3. The van der Waals surface area contributed by atoms with Gasteiger partial charge in [-0.25, -0.2) is 4.98 Å². The number of hydrogen-bond donors (Lipinski definition) is 0. The molecule has 2 aromatic rings. The number of rotatable bonds is 3. The SMILES string of the molecule is O=Cc1nccn1CC1Cc2ccccc2O1. The summed E-state index contributed by atoms with van der Waals surface area (Å²) in [6.45, 7) is 0.656. The third-order valence-electron chi connectivity index (χ3n) is 2.97. The number of nitrogens with zero attached hydrogens (tertiary/aromatic N) is 2. The normalized spacial score (nSPS) is 17.5. The molecule has 1 unspecified atom stereocenters. The highest BCUT2D eigenvalue weighted by Crippen LogP contribution is 2.28. The molecule has 1 atom stereocenters. The molecule has 1 aliphatic rings. The lowest BCUT2D eigenvalue weighted by molar-refractivity contribution is 0.110. The lowest BCUT2D eigenvalue weighted by Crippen LogP contribution is -2.21. The standard InChI is InChI=1S/C13H12N2O2/c16-9-13-14-5-6-15(13)8-11-7-10-3-1-2-4-12(10)17-11/h1-6,9,11H,7-8H2. The summed E-state index contributed by atoms with van der Waals surface area (Å²) in [5.41, 5.74) is 1.23. The van der Waals surface area contributed by atoms with Crippen LogP contribution in [0.15, 0.2) is 36.7 Å². The van der Waals surface area contributed by atoms with Gasteiger partial charge in [-0.1, -0.05) is 18.2 Å². The first-order valence-corrected chi connectivity index (χ1v) is 5.57. The van der Waals surface area contributed by atoms with Gasteiger partial charge in [-0.05, 0) is 11.6 Å². The minimum atomic E-state index is 0.0836. The van der Waals surface area contributed by atoms with E-state index in [0.29, 0.717) is 12.4 Å². The summed E-state index contributed by atoms with van der Waals surface area (Å²) in [6, 6.07) is 8.03. The number of aromatic nitrogens is 2. The van der Waals surface area contributed by atoms with E-state index < -0.39 is 0 Å². The number of ether oxygens (including phenoxy) is 1. The molecular formula is C13H12N2O2. The van der Waals surface area contributed by atoms with Crippen molar-refractivity contribution in [3.05, 3.63) is 48.0 Å². The molecule has 1 aromatic carbocycles. The van der Waals surface area contributed by atoms with Gasteiger partial charge >= 0.3 is 0 Å². The summed E-state index contributed by atoms with van der Waals surface area (Å²) in [5.74, 6) is 1.40. The van der Waals surface area contributed by atoms with Gasteiger partial charge in [0.05, 0.1) is 6.54 Å². The van der Waals surface area contributed by atoms with Crippen LogP contribution in [-0.2, 0) is 13.0 Å². The van der Waals surface area contributed by atoms with Gasteiger partial charge in [-0.15, -0.1) is 0 Å². The molecule has 0 saturated carbocycles. The van der Waals surface area contributed by atoms with Gasteiger partial charge in [-0.3, -0.25) is 4.79 Å². The van der Waals surface area contributed by atoms with Crippen molar-refractivity contribution >= 4 is 6.29 Å². The Labute approximate surface area is 98.9 Å². The van der Waals surface area contributed by atoms with Gasteiger partial charge in [0, 0.05) is 18.8 Å². The Kier molecular flexibility index (Phi) is 2.40. The molecule has 4 nitrogen and oxygen atoms in total. The zero-order chi connectivity index (χ0) is 11.7. The molecule has 86 valence electrons. The van der Waals surface area contributed by atoms with Crippen molar-refractivity contribution in [2.24, 2.45) is 0 Å². The van der Waals surface area contributed by atoms with Gasteiger partial charge in [-0.2, -0.15) is 0 Å². The van der Waals surface area contributed by atoms with Crippen LogP contribution in [0, 0.1) is 0 Å². The van der Waals surface area contributed by atoms with Crippen LogP contribution in [0.1, 0.15) is 16.2 Å². The average molecular weight is 228 g/mol. The number of para-hydroxylation sites is 1. The molecule has 17 heavy (non-hydrogen) atoms. The fraction of sp³-hybridized carbons (Fsp3) is 0.231. The molecule has 0 N–H and O–H groups in total. The quantitative estimate of drug-likeness (QED) is 0.751. The zero-order valence-electron chi connectivity index (χ0n) is 9.24. The fourth-order valence-corrected chi connectivity index (χ4v) is 2.17. The van der Waals surface area contributed by atoms with E-state index in [1.54, 1.807) is 12.4 Å². The van der Waals surface area contributed by atoms with Crippen molar-refractivity contribution in [2.75, 3.05) is 0 Å². The van der Waals surface area contributed by atoms with Crippen LogP contribution in [0.3, 0.4) is 0 Å². The maximum Gasteiger partial charge on any atom is 0.185 e. The molecule has 0 fully saturated rings.